The molecule has 0 saturated heterocycles. The Balaban J connectivity index is 2.90. The van der Waals surface area contributed by atoms with Crippen molar-refractivity contribution < 1.29 is 17.6 Å². The Morgan fingerprint density at radius 2 is 1.80 bits per heavy atom. The van der Waals surface area contributed by atoms with Gasteiger partial charge in [0.25, 0.3) is 0 Å². The van der Waals surface area contributed by atoms with Crippen LogP contribution in [-0.2, 0) is 9.84 Å². The van der Waals surface area contributed by atoms with Crippen LogP contribution in [0.3, 0.4) is 0 Å². The van der Waals surface area contributed by atoms with Crippen LogP contribution in [0.4, 0.5) is 4.39 Å². The van der Waals surface area contributed by atoms with Gasteiger partial charge in [0, 0.05) is 5.56 Å². The molecule has 0 aliphatic heterocycles. The molecule has 0 saturated carbocycles. The first-order valence-corrected chi connectivity index (χ1v) is 6.09. The van der Waals surface area contributed by atoms with Gasteiger partial charge in [-0.3, -0.25) is 9.18 Å². The summed E-state index contributed by atoms with van der Waals surface area (Å²) < 4.78 is 34.9. The number of rotatable bonds is 5. The summed E-state index contributed by atoms with van der Waals surface area (Å²) in [5.74, 6) is -0.204. The first-order chi connectivity index (χ1) is 7.10. The molecule has 0 fully saturated rings. The average molecular weight is 230 g/mol. The molecule has 3 nitrogen and oxygen atoms in total. The summed E-state index contributed by atoms with van der Waals surface area (Å²) >= 11 is 0. The molecule has 0 aliphatic rings. The van der Waals surface area contributed by atoms with Crippen LogP contribution in [0.25, 0.3) is 0 Å². The van der Waals surface area contributed by atoms with Crippen molar-refractivity contribution in [2.24, 2.45) is 0 Å². The topological polar surface area (TPSA) is 51.2 Å². The van der Waals surface area contributed by atoms with Crippen molar-refractivity contribution in [2.75, 3.05) is 12.4 Å². The van der Waals surface area contributed by atoms with Gasteiger partial charge in [-0.1, -0.05) is 12.1 Å². The van der Waals surface area contributed by atoms with Gasteiger partial charge < -0.3 is 0 Å². The minimum atomic E-state index is -3.40. The molecule has 5 heteroatoms. The van der Waals surface area contributed by atoms with Gasteiger partial charge in [-0.15, -0.1) is 0 Å². The zero-order valence-electron chi connectivity index (χ0n) is 8.02. The normalized spacial score (nSPS) is 11.3. The standard InChI is InChI=1S/C10H11FO3S/c11-6-1-7-15(13,14)10-4-2-9(8-12)3-5-10/h2-5,8H,1,6-7H2. The third kappa shape index (κ3) is 3.13. The molecule has 0 unspecified atom stereocenters. The lowest BCUT2D eigenvalue weighted by Crippen LogP contribution is -2.07. The number of carbonyl (C=O) groups excluding carboxylic acids is 1. The van der Waals surface area contributed by atoms with Gasteiger partial charge in [0.15, 0.2) is 9.84 Å². The molecule has 1 aromatic carbocycles. The second-order valence-corrected chi connectivity index (χ2v) is 5.16. The maximum Gasteiger partial charge on any atom is 0.178 e. The number of alkyl halides is 1. The minimum Gasteiger partial charge on any atom is -0.298 e. The fourth-order valence-corrected chi connectivity index (χ4v) is 2.39. The number of hydrogen-bond acceptors (Lipinski definition) is 3. The first kappa shape index (κ1) is 11.8. The molecule has 15 heavy (non-hydrogen) atoms. The van der Waals surface area contributed by atoms with Crippen LogP contribution in [0, 0.1) is 0 Å². The number of benzene rings is 1. The molecule has 0 spiro atoms. The Labute approximate surface area is 87.8 Å². The summed E-state index contributed by atoms with van der Waals surface area (Å²) in [5, 5.41) is 0. The highest BCUT2D eigenvalue weighted by Crippen LogP contribution is 2.12. The molecule has 0 N–H and O–H groups in total. The van der Waals surface area contributed by atoms with Crippen molar-refractivity contribution in [2.45, 2.75) is 11.3 Å². The zero-order valence-corrected chi connectivity index (χ0v) is 8.84. The van der Waals surface area contributed by atoms with E-state index >= 15 is 0 Å². The zero-order chi connectivity index (χ0) is 11.3. The lowest BCUT2D eigenvalue weighted by atomic mass is 10.2. The van der Waals surface area contributed by atoms with Crippen molar-refractivity contribution in [3.8, 4) is 0 Å². The molecule has 1 rings (SSSR count). The molecule has 0 heterocycles. The molecule has 0 aliphatic carbocycles. The largest absolute Gasteiger partial charge is 0.298 e. The summed E-state index contributed by atoms with van der Waals surface area (Å²) in [6, 6.07) is 5.57. The highest BCUT2D eigenvalue weighted by molar-refractivity contribution is 7.91. The van der Waals surface area contributed by atoms with Gasteiger partial charge in [0.2, 0.25) is 0 Å². The Bertz CT molecular complexity index is 422. The van der Waals surface area contributed by atoms with Crippen molar-refractivity contribution in [1.29, 1.82) is 0 Å². The molecule has 0 amide bonds. The Morgan fingerprint density at radius 1 is 1.20 bits per heavy atom. The summed E-state index contributed by atoms with van der Waals surface area (Å²) in [6.07, 6.45) is 0.635. The van der Waals surface area contributed by atoms with Gasteiger partial charge in [-0.2, -0.15) is 0 Å². The number of sulfone groups is 1. The van der Waals surface area contributed by atoms with Crippen LogP contribution >= 0.6 is 0 Å². The SMILES string of the molecule is O=Cc1ccc(S(=O)(=O)CCCF)cc1. The molecular weight excluding hydrogens is 219 g/mol. The van der Waals surface area contributed by atoms with Crippen molar-refractivity contribution in [3.63, 3.8) is 0 Å². The number of carbonyl (C=O) groups is 1. The van der Waals surface area contributed by atoms with Gasteiger partial charge in [0.05, 0.1) is 17.3 Å². The number of aldehydes is 1. The van der Waals surface area contributed by atoms with Crippen LogP contribution in [0.1, 0.15) is 16.8 Å². The van der Waals surface area contributed by atoms with Crippen LogP contribution in [0.5, 0.6) is 0 Å². The molecule has 0 atom stereocenters. The lowest BCUT2D eigenvalue weighted by Gasteiger charge is -2.02. The fraction of sp³-hybridized carbons (Fsp3) is 0.300. The summed E-state index contributed by atoms with van der Waals surface area (Å²) in [7, 11) is -3.40. The number of halogens is 1. The highest BCUT2D eigenvalue weighted by atomic mass is 32.2. The quantitative estimate of drug-likeness (QED) is 0.722. The first-order valence-electron chi connectivity index (χ1n) is 4.44. The second kappa shape index (κ2) is 5.02. The molecule has 1 aromatic rings. The smallest absolute Gasteiger partial charge is 0.178 e. The van der Waals surface area contributed by atoms with Gasteiger partial charge in [0.1, 0.15) is 6.29 Å². The summed E-state index contributed by atoms with van der Waals surface area (Å²) in [6.45, 7) is -0.647. The summed E-state index contributed by atoms with van der Waals surface area (Å²) in [4.78, 5) is 10.5. The maximum absolute atomic E-state index is 11.8. The molecule has 0 bridgehead atoms. The predicted molar refractivity (Wildman–Crippen MR) is 54.5 cm³/mol. The summed E-state index contributed by atoms with van der Waals surface area (Å²) in [5.41, 5.74) is 0.416. The Kier molecular flexibility index (Phi) is 3.96. The third-order valence-electron chi connectivity index (χ3n) is 1.92. The molecular formula is C10H11FO3S. The van der Waals surface area contributed by atoms with Gasteiger partial charge in [-0.05, 0) is 18.6 Å². The van der Waals surface area contributed by atoms with Crippen molar-refractivity contribution in [1.82, 2.24) is 0 Å². The monoisotopic (exact) mass is 230 g/mol. The van der Waals surface area contributed by atoms with E-state index in [-0.39, 0.29) is 17.1 Å². The van der Waals surface area contributed by atoms with Crippen LogP contribution in [-0.4, -0.2) is 27.1 Å². The highest BCUT2D eigenvalue weighted by Gasteiger charge is 2.13. The fourth-order valence-electron chi connectivity index (χ4n) is 1.12. The van der Waals surface area contributed by atoms with E-state index in [1.807, 2.05) is 0 Å². The Hall–Kier alpha value is -1.23. The Morgan fingerprint density at radius 3 is 2.27 bits per heavy atom. The maximum atomic E-state index is 11.8. The van der Waals surface area contributed by atoms with E-state index in [9.17, 15) is 17.6 Å². The minimum absolute atomic E-state index is 0.00222. The van der Waals surface area contributed by atoms with E-state index in [0.717, 1.165) is 0 Å². The van der Waals surface area contributed by atoms with E-state index in [1.165, 1.54) is 24.3 Å². The molecule has 82 valence electrons. The van der Waals surface area contributed by atoms with Crippen LogP contribution in [0.15, 0.2) is 29.2 Å². The number of hydrogen-bond donors (Lipinski definition) is 0. The van der Waals surface area contributed by atoms with Crippen LogP contribution < -0.4 is 0 Å². The van der Waals surface area contributed by atoms with Crippen molar-refractivity contribution in [3.05, 3.63) is 29.8 Å². The van der Waals surface area contributed by atoms with E-state index in [1.54, 1.807) is 0 Å². The predicted octanol–water partition coefficient (Wildman–Crippen LogP) is 1.63. The third-order valence-corrected chi connectivity index (χ3v) is 3.74. The molecule has 0 aromatic heterocycles. The van der Waals surface area contributed by atoms with E-state index < -0.39 is 16.5 Å². The van der Waals surface area contributed by atoms with E-state index in [0.29, 0.717) is 11.8 Å². The van der Waals surface area contributed by atoms with E-state index in [4.69, 9.17) is 0 Å². The van der Waals surface area contributed by atoms with Crippen LogP contribution in [0.2, 0.25) is 0 Å². The average Bonchev–Trinajstić information content (AvgIpc) is 2.26. The van der Waals surface area contributed by atoms with Gasteiger partial charge >= 0.3 is 0 Å². The second-order valence-electron chi connectivity index (χ2n) is 3.05. The van der Waals surface area contributed by atoms with Crippen molar-refractivity contribution >= 4 is 16.1 Å². The molecule has 0 radical (unpaired) electrons. The lowest BCUT2D eigenvalue weighted by molar-refractivity contribution is 0.112. The van der Waals surface area contributed by atoms with E-state index in [2.05, 4.69) is 0 Å². The van der Waals surface area contributed by atoms with Gasteiger partial charge in [-0.25, -0.2) is 8.42 Å².